The molecule has 0 bridgehead atoms. The van der Waals surface area contributed by atoms with Gasteiger partial charge in [-0.2, -0.15) is 0 Å². The van der Waals surface area contributed by atoms with E-state index in [4.69, 9.17) is 5.11 Å². The van der Waals surface area contributed by atoms with Crippen LogP contribution in [-0.2, 0) is 9.53 Å². The molecule has 0 radical (unpaired) electrons. The van der Waals surface area contributed by atoms with E-state index in [0.717, 1.165) is 5.56 Å². The summed E-state index contributed by atoms with van der Waals surface area (Å²) in [5, 5.41) is 11.4. The third-order valence-corrected chi connectivity index (χ3v) is 2.72. The van der Waals surface area contributed by atoms with Gasteiger partial charge in [-0.1, -0.05) is 17.9 Å². The van der Waals surface area contributed by atoms with Crippen molar-refractivity contribution in [1.82, 2.24) is 5.32 Å². The molecule has 1 aromatic rings. The van der Waals surface area contributed by atoms with Crippen LogP contribution in [0.2, 0.25) is 0 Å². The van der Waals surface area contributed by atoms with Crippen LogP contribution in [0.3, 0.4) is 0 Å². The SMILES string of the molecule is COC(=O)CCNC(=O)c1ccc(C)cc1C#CCCO. The van der Waals surface area contributed by atoms with E-state index in [1.807, 2.05) is 19.1 Å². The summed E-state index contributed by atoms with van der Waals surface area (Å²) in [5.41, 5.74) is 2.06. The number of esters is 1. The largest absolute Gasteiger partial charge is 0.469 e. The molecule has 0 aliphatic carbocycles. The zero-order valence-electron chi connectivity index (χ0n) is 12.2. The number of carbonyl (C=O) groups excluding carboxylic acids is 2. The van der Waals surface area contributed by atoms with Crippen LogP contribution in [0.4, 0.5) is 0 Å². The Morgan fingerprint density at radius 3 is 2.81 bits per heavy atom. The molecule has 0 saturated carbocycles. The average molecular weight is 289 g/mol. The van der Waals surface area contributed by atoms with E-state index in [1.165, 1.54) is 7.11 Å². The normalized spacial score (nSPS) is 9.48. The molecule has 1 aromatic carbocycles. The number of amides is 1. The maximum absolute atomic E-state index is 12.1. The summed E-state index contributed by atoms with van der Waals surface area (Å²) in [5.74, 6) is 5.03. The molecule has 0 aromatic heterocycles. The number of rotatable bonds is 5. The topological polar surface area (TPSA) is 75.6 Å². The molecule has 1 rings (SSSR count). The Bertz CT molecular complexity index is 569. The van der Waals surface area contributed by atoms with Gasteiger partial charge in [0.15, 0.2) is 0 Å². The highest BCUT2D eigenvalue weighted by Crippen LogP contribution is 2.11. The summed E-state index contributed by atoms with van der Waals surface area (Å²) in [6, 6.07) is 5.35. The number of hydrogen-bond acceptors (Lipinski definition) is 4. The Morgan fingerprint density at radius 2 is 2.14 bits per heavy atom. The molecule has 2 N–H and O–H groups in total. The Kier molecular flexibility index (Phi) is 6.99. The number of aliphatic hydroxyl groups is 1. The highest BCUT2D eigenvalue weighted by Gasteiger charge is 2.10. The first-order valence-corrected chi connectivity index (χ1v) is 6.64. The fraction of sp³-hybridized carbons (Fsp3) is 0.375. The lowest BCUT2D eigenvalue weighted by Gasteiger charge is -2.07. The Morgan fingerprint density at radius 1 is 1.38 bits per heavy atom. The molecule has 0 unspecified atom stereocenters. The molecule has 0 aliphatic rings. The third-order valence-electron chi connectivity index (χ3n) is 2.72. The molecule has 0 spiro atoms. The molecule has 5 nitrogen and oxygen atoms in total. The van der Waals surface area contributed by atoms with Gasteiger partial charge in [0.1, 0.15) is 0 Å². The molecule has 0 saturated heterocycles. The minimum absolute atomic E-state index is 0.0144. The van der Waals surface area contributed by atoms with Gasteiger partial charge in [-0.05, 0) is 24.6 Å². The van der Waals surface area contributed by atoms with Crippen molar-refractivity contribution < 1.29 is 19.4 Å². The van der Waals surface area contributed by atoms with E-state index in [-0.39, 0.29) is 31.4 Å². The van der Waals surface area contributed by atoms with E-state index in [2.05, 4.69) is 21.9 Å². The Labute approximate surface area is 124 Å². The van der Waals surface area contributed by atoms with Gasteiger partial charge in [0, 0.05) is 18.5 Å². The van der Waals surface area contributed by atoms with Gasteiger partial charge in [-0.3, -0.25) is 9.59 Å². The highest BCUT2D eigenvalue weighted by atomic mass is 16.5. The van der Waals surface area contributed by atoms with Crippen LogP contribution in [0.15, 0.2) is 18.2 Å². The molecule has 21 heavy (non-hydrogen) atoms. The predicted molar refractivity (Wildman–Crippen MR) is 78.7 cm³/mol. The fourth-order valence-electron chi connectivity index (χ4n) is 1.65. The second kappa shape index (κ2) is 8.77. The summed E-state index contributed by atoms with van der Waals surface area (Å²) < 4.78 is 4.51. The maximum Gasteiger partial charge on any atom is 0.307 e. The summed E-state index contributed by atoms with van der Waals surface area (Å²) in [6.07, 6.45) is 0.483. The molecular formula is C16H19NO4. The molecule has 1 amide bonds. The Balaban J connectivity index is 2.79. The molecule has 5 heteroatoms. The van der Waals surface area contributed by atoms with Crippen LogP contribution in [-0.4, -0.2) is 37.2 Å². The van der Waals surface area contributed by atoms with Gasteiger partial charge in [0.2, 0.25) is 0 Å². The van der Waals surface area contributed by atoms with Crippen molar-refractivity contribution in [3.8, 4) is 11.8 Å². The summed E-state index contributed by atoms with van der Waals surface area (Å²) in [7, 11) is 1.30. The molecule has 0 heterocycles. The second-order valence-electron chi connectivity index (χ2n) is 4.41. The first-order chi connectivity index (χ1) is 10.1. The summed E-state index contributed by atoms with van der Waals surface area (Å²) in [6.45, 7) is 2.11. The molecular weight excluding hydrogens is 270 g/mol. The molecule has 0 atom stereocenters. The lowest BCUT2D eigenvalue weighted by Crippen LogP contribution is -2.27. The number of nitrogens with one attached hydrogen (secondary N) is 1. The van der Waals surface area contributed by atoms with Crippen LogP contribution in [0.1, 0.15) is 34.3 Å². The number of aryl methyl sites for hydroxylation is 1. The fourth-order valence-corrected chi connectivity index (χ4v) is 1.65. The van der Waals surface area contributed by atoms with Gasteiger partial charge in [-0.15, -0.1) is 0 Å². The second-order valence-corrected chi connectivity index (χ2v) is 4.41. The van der Waals surface area contributed by atoms with Gasteiger partial charge in [0.25, 0.3) is 5.91 Å². The first kappa shape index (κ1) is 16.7. The maximum atomic E-state index is 12.1. The number of hydrogen-bond donors (Lipinski definition) is 2. The van der Waals surface area contributed by atoms with Crippen molar-refractivity contribution in [3.63, 3.8) is 0 Å². The van der Waals surface area contributed by atoms with Crippen molar-refractivity contribution in [2.45, 2.75) is 19.8 Å². The van der Waals surface area contributed by atoms with Gasteiger partial charge in [0.05, 0.1) is 25.7 Å². The first-order valence-electron chi connectivity index (χ1n) is 6.64. The minimum Gasteiger partial charge on any atom is -0.469 e. The van der Waals surface area contributed by atoms with Crippen molar-refractivity contribution >= 4 is 11.9 Å². The number of ether oxygens (including phenoxy) is 1. The third kappa shape index (κ3) is 5.67. The van der Waals surface area contributed by atoms with E-state index < -0.39 is 0 Å². The van der Waals surface area contributed by atoms with Crippen LogP contribution in [0.5, 0.6) is 0 Å². The van der Waals surface area contributed by atoms with Crippen molar-refractivity contribution in [2.24, 2.45) is 0 Å². The molecule has 0 aliphatic heterocycles. The van der Waals surface area contributed by atoms with Gasteiger partial charge < -0.3 is 15.2 Å². The number of methoxy groups -OCH3 is 1. The van der Waals surface area contributed by atoms with Crippen molar-refractivity contribution in [2.75, 3.05) is 20.3 Å². The van der Waals surface area contributed by atoms with E-state index >= 15 is 0 Å². The quantitative estimate of drug-likeness (QED) is 0.627. The predicted octanol–water partition coefficient (Wildman–Crippen LogP) is 1.02. The standard InChI is InChI=1S/C16H19NO4/c1-12-6-7-14(13(11-12)5-3-4-10-18)16(20)17-9-8-15(19)21-2/h6-7,11,18H,4,8-10H2,1-2H3,(H,17,20). The smallest absolute Gasteiger partial charge is 0.307 e. The lowest BCUT2D eigenvalue weighted by atomic mass is 10.0. The monoisotopic (exact) mass is 289 g/mol. The van der Waals surface area contributed by atoms with Crippen LogP contribution >= 0.6 is 0 Å². The van der Waals surface area contributed by atoms with E-state index in [1.54, 1.807) is 6.07 Å². The average Bonchev–Trinajstić information content (AvgIpc) is 2.47. The van der Waals surface area contributed by atoms with E-state index in [0.29, 0.717) is 17.5 Å². The molecule has 0 fully saturated rings. The number of benzene rings is 1. The Hall–Kier alpha value is -2.32. The van der Waals surface area contributed by atoms with Crippen LogP contribution < -0.4 is 5.32 Å². The van der Waals surface area contributed by atoms with Crippen molar-refractivity contribution in [3.05, 3.63) is 34.9 Å². The van der Waals surface area contributed by atoms with Gasteiger partial charge >= 0.3 is 5.97 Å². The highest BCUT2D eigenvalue weighted by molar-refractivity contribution is 5.97. The zero-order chi connectivity index (χ0) is 15.7. The minimum atomic E-state index is -0.373. The van der Waals surface area contributed by atoms with Crippen molar-refractivity contribution in [1.29, 1.82) is 0 Å². The lowest BCUT2D eigenvalue weighted by molar-refractivity contribution is -0.140. The number of aliphatic hydroxyl groups excluding tert-OH is 1. The summed E-state index contributed by atoms with van der Waals surface area (Å²) >= 11 is 0. The van der Waals surface area contributed by atoms with Crippen LogP contribution in [0, 0.1) is 18.8 Å². The van der Waals surface area contributed by atoms with Crippen LogP contribution in [0.25, 0.3) is 0 Å². The zero-order valence-corrected chi connectivity index (χ0v) is 12.2. The summed E-state index contributed by atoms with van der Waals surface area (Å²) in [4.78, 5) is 23.1. The van der Waals surface area contributed by atoms with Gasteiger partial charge in [-0.25, -0.2) is 0 Å². The molecule has 112 valence electrons. The van der Waals surface area contributed by atoms with E-state index in [9.17, 15) is 9.59 Å². The number of carbonyl (C=O) groups is 2.